The van der Waals surface area contributed by atoms with Crippen LogP contribution in [0.4, 0.5) is 4.79 Å². The van der Waals surface area contributed by atoms with E-state index >= 15 is 0 Å². The number of nitrogens with zero attached hydrogens (tertiary/aromatic N) is 1. The number of esters is 1. The molecule has 2 atom stereocenters. The van der Waals surface area contributed by atoms with Gasteiger partial charge in [0, 0.05) is 10.7 Å². The number of phenolic OH excluding ortho intramolecular Hbond substituents is 1. The summed E-state index contributed by atoms with van der Waals surface area (Å²) in [5, 5.41) is 12.5. The fraction of sp³-hybridized carbons (Fsp3) is 0.357. The van der Waals surface area contributed by atoms with Crippen molar-refractivity contribution in [3.8, 4) is 5.75 Å². The Hall–Kier alpha value is -2.08. The lowest BCUT2D eigenvalue weighted by molar-refractivity contribution is -0.146. The number of amides is 2. The molecule has 6 nitrogen and oxygen atoms in total. The minimum absolute atomic E-state index is 0.00794. The number of ether oxygens (including phenoxy) is 1. The Balaban J connectivity index is 2.47. The number of carbonyl (C=O) groups is 2. The van der Waals surface area contributed by atoms with Gasteiger partial charge in [-0.25, -0.2) is 9.79 Å². The number of halogens is 1. The van der Waals surface area contributed by atoms with E-state index in [1.54, 1.807) is 13.8 Å². The Morgan fingerprint density at radius 2 is 2.24 bits per heavy atom. The molecule has 2 unspecified atom stereocenters. The Morgan fingerprint density at radius 1 is 1.52 bits per heavy atom. The highest BCUT2D eigenvalue weighted by Crippen LogP contribution is 2.34. The first-order valence-corrected chi connectivity index (χ1v) is 6.82. The predicted molar refractivity (Wildman–Crippen MR) is 77.6 cm³/mol. The third kappa shape index (κ3) is 3.16. The molecule has 2 amide bonds. The lowest BCUT2D eigenvalue weighted by Crippen LogP contribution is -2.44. The minimum Gasteiger partial charge on any atom is -0.508 e. The lowest BCUT2D eigenvalue weighted by atomic mass is 9.88. The average molecular weight is 311 g/mol. The first-order chi connectivity index (χ1) is 9.93. The van der Waals surface area contributed by atoms with Crippen molar-refractivity contribution in [2.75, 3.05) is 6.61 Å². The zero-order valence-electron chi connectivity index (χ0n) is 11.6. The van der Waals surface area contributed by atoms with Crippen molar-refractivity contribution in [2.24, 2.45) is 10.9 Å². The van der Waals surface area contributed by atoms with Gasteiger partial charge in [-0.15, -0.1) is 0 Å². The van der Waals surface area contributed by atoms with Gasteiger partial charge in [0.25, 0.3) is 0 Å². The predicted octanol–water partition coefficient (Wildman–Crippen LogP) is 2.45. The lowest BCUT2D eigenvalue weighted by Gasteiger charge is -2.30. The second kappa shape index (κ2) is 6.13. The summed E-state index contributed by atoms with van der Waals surface area (Å²) in [4.78, 5) is 27.5. The number of phenols is 1. The van der Waals surface area contributed by atoms with Crippen molar-refractivity contribution in [3.63, 3.8) is 0 Å². The van der Waals surface area contributed by atoms with Crippen LogP contribution in [0.25, 0.3) is 0 Å². The van der Waals surface area contributed by atoms with Gasteiger partial charge in [0.1, 0.15) is 11.7 Å². The largest absolute Gasteiger partial charge is 0.508 e. The molecule has 0 bridgehead atoms. The molecule has 0 aliphatic carbocycles. The molecule has 7 heteroatoms. The second-order valence-corrected chi connectivity index (χ2v) is 5.02. The molecule has 1 aromatic rings. The molecule has 1 aromatic carbocycles. The molecule has 0 saturated heterocycles. The highest BCUT2D eigenvalue weighted by atomic mass is 35.5. The van der Waals surface area contributed by atoms with Crippen molar-refractivity contribution < 1.29 is 19.4 Å². The number of benzene rings is 1. The fourth-order valence-corrected chi connectivity index (χ4v) is 2.52. The van der Waals surface area contributed by atoms with Crippen LogP contribution in [0.15, 0.2) is 23.2 Å². The molecule has 0 radical (unpaired) electrons. The maximum atomic E-state index is 12.1. The molecule has 0 saturated carbocycles. The average Bonchev–Trinajstić information content (AvgIpc) is 2.40. The molecule has 0 fully saturated rings. The standard InChI is InChI=1S/C14H15ClN2O4/c1-3-21-13(19)11-7(2)16-14(20)17-12(11)9-6-8(18)4-5-10(9)15/h4-6,11-12,18H,3H2,1-2H3,(H,17,20). The van der Waals surface area contributed by atoms with Crippen LogP contribution in [-0.2, 0) is 9.53 Å². The van der Waals surface area contributed by atoms with E-state index in [1.165, 1.54) is 18.2 Å². The summed E-state index contributed by atoms with van der Waals surface area (Å²) in [6.45, 7) is 3.50. The molecular weight excluding hydrogens is 296 g/mol. The second-order valence-electron chi connectivity index (χ2n) is 4.62. The molecule has 1 aliphatic heterocycles. The van der Waals surface area contributed by atoms with Crippen LogP contribution in [0.5, 0.6) is 5.75 Å². The Morgan fingerprint density at radius 3 is 2.90 bits per heavy atom. The summed E-state index contributed by atoms with van der Waals surface area (Å²) < 4.78 is 5.03. The molecule has 1 heterocycles. The molecule has 0 aromatic heterocycles. The minimum atomic E-state index is -0.776. The van der Waals surface area contributed by atoms with E-state index < -0.39 is 24.0 Å². The summed E-state index contributed by atoms with van der Waals surface area (Å²) in [5.74, 6) is -1.28. The highest BCUT2D eigenvalue weighted by molar-refractivity contribution is 6.31. The van der Waals surface area contributed by atoms with Gasteiger partial charge >= 0.3 is 12.0 Å². The first kappa shape index (κ1) is 15.3. The number of nitrogens with one attached hydrogen (secondary N) is 1. The van der Waals surface area contributed by atoms with E-state index in [4.69, 9.17) is 16.3 Å². The molecule has 0 spiro atoms. The number of urea groups is 1. The van der Waals surface area contributed by atoms with Gasteiger partial charge in [0.2, 0.25) is 0 Å². The summed E-state index contributed by atoms with van der Waals surface area (Å²) in [7, 11) is 0. The van der Waals surface area contributed by atoms with Gasteiger partial charge in [-0.3, -0.25) is 4.79 Å². The summed E-state index contributed by atoms with van der Waals surface area (Å²) in [6.07, 6.45) is 0. The van der Waals surface area contributed by atoms with Crippen molar-refractivity contribution in [2.45, 2.75) is 19.9 Å². The van der Waals surface area contributed by atoms with Crippen LogP contribution in [0.3, 0.4) is 0 Å². The van der Waals surface area contributed by atoms with Crippen molar-refractivity contribution in [1.82, 2.24) is 5.32 Å². The topological polar surface area (TPSA) is 88.0 Å². The number of hydrogen-bond donors (Lipinski definition) is 2. The van der Waals surface area contributed by atoms with Gasteiger partial charge in [0.15, 0.2) is 0 Å². The normalized spacial score (nSPS) is 21.5. The molecule has 112 valence electrons. The van der Waals surface area contributed by atoms with Crippen LogP contribution in [0.1, 0.15) is 25.5 Å². The Bertz CT molecular complexity index is 615. The van der Waals surface area contributed by atoms with Crippen LogP contribution >= 0.6 is 11.6 Å². The molecule has 2 rings (SSSR count). The van der Waals surface area contributed by atoms with Gasteiger partial charge in [-0.2, -0.15) is 0 Å². The van der Waals surface area contributed by atoms with Crippen LogP contribution < -0.4 is 5.32 Å². The molecular formula is C14H15ClN2O4. The summed E-state index contributed by atoms with van der Waals surface area (Å²) in [6, 6.07) is 3.06. The van der Waals surface area contributed by atoms with E-state index in [2.05, 4.69) is 10.3 Å². The highest BCUT2D eigenvalue weighted by Gasteiger charge is 2.38. The van der Waals surface area contributed by atoms with Gasteiger partial charge in [0.05, 0.1) is 12.6 Å². The smallest absolute Gasteiger partial charge is 0.341 e. The van der Waals surface area contributed by atoms with Crippen LogP contribution in [-0.4, -0.2) is 29.4 Å². The third-order valence-corrected chi connectivity index (χ3v) is 3.54. The molecule has 21 heavy (non-hydrogen) atoms. The number of aromatic hydroxyl groups is 1. The number of aliphatic imine (C=N–C) groups is 1. The Labute approximate surface area is 126 Å². The van der Waals surface area contributed by atoms with Crippen molar-refractivity contribution in [1.29, 1.82) is 0 Å². The molecule has 2 N–H and O–H groups in total. The Kier molecular flexibility index (Phi) is 4.47. The number of carbonyl (C=O) groups excluding carboxylic acids is 2. The van der Waals surface area contributed by atoms with E-state index in [-0.39, 0.29) is 12.4 Å². The number of hydrogen-bond acceptors (Lipinski definition) is 4. The van der Waals surface area contributed by atoms with Crippen LogP contribution in [0.2, 0.25) is 5.02 Å². The van der Waals surface area contributed by atoms with E-state index in [1.807, 2.05) is 0 Å². The van der Waals surface area contributed by atoms with Crippen molar-refractivity contribution >= 4 is 29.3 Å². The van der Waals surface area contributed by atoms with E-state index in [0.717, 1.165) is 0 Å². The summed E-state index contributed by atoms with van der Waals surface area (Å²) in [5.41, 5.74) is 0.791. The quantitative estimate of drug-likeness (QED) is 0.839. The zero-order valence-corrected chi connectivity index (χ0v) is 12.3. The van der Waals surface area contributed by atoms with Crippen LogP contribution in [0, 0.1) is 5.92 Å². The number of rotatable bonds is 3. The maximum absolute atomic E-state index is 12.1. The van der Waals surface area contributed by atoms with Gasteiger partial charge in [-0.05, 0) is 37.6 Å². The monoisotopic (exact) mass is 310 g/mol. The maximum Gasteiger partial charge on any atom is 0.341 e. The fourth-order valence-electron chi connectivity index (χ4n) is 2.29. The SMILES string of the molecule is CCOC(=O)C1C(C)=NC(=O)NC1c1cc(O)ccc1Cl. The van der Waals surface area contributed by atoms with Gasteiger partial charge < -0.3 is 15.2 Å². The molecule has 1 aliphatic rings. The van der Waals surface area contributed by atoms with Gasteiger partial charge in [-0.1, -0.05) is 11.6 Å². The zero-order chi connectivity index (χ0) is 15.6. The first-order valence-electron chi connectivity index (χ1n) is 6.44. The van der Waals surface area contributed by atoms with E-state index in [9.17, 15) is 14.7 Å². The summed E-state index contributed by atoms with van der Waals surface area (Å²) >= 11 is 6.12. The van der Waals surface area contributed by atoms with E-state index in [0.29, 0.717) is 16.3 Å². The third-order valence-electron chi connectivity index (χ3n) is 3.20. The van der Waals surface area contributed by atoms with Crippen molar-refractivity contribution in [3.05, 3.63) is 28.8 Å².